The van der Waals surface area contributed by atoms with Gasteiger partial charge in [0.2, 0.25) is 5.95 Å². The fraction of sp³-hybridized carbons (Fsp3) is 0.417. The summed E-state index contributed by atoms with van der Waals surface area (Å²) in [6.07, 6.45) is 4.05. The van der Waals surface area contributed by atoms with Gasteiger partial charge in [-0.3, -0.25) is 0 Å². The van der Waals surface area contributed by atoms with Crippen LogP contribution in [0.15, 0.2) is 42.6 Å². The lowest BCUT2D eigenvalue weighted by atomic mass is 10.0. The summed E-state index contributed by atoms with van der Waals surface area (Å²) in [5.74, 6) is 1.59. The highest BCUT2D eigenvalue weighted by molar-refractivity contribution is 5.98. The summed E-state index contributed by atoms with van der Waals surface area (Å²) in [5, 5.41) is 12.8. The summed E-state index contributed by atoms with van der Waals surface area (Å²) in [6.45, 7) is 6.05. The molecule has 2 aromatic carbocycles. The predicted octanol–water partition coefficient (Wildman–Crippen LogP) is 2.88. The second-order valence-electron chi connectivity index (χ2n) is 8.25. The number of aromatic nitrogens is 2. The van der Waals surface area contributed by atoms with Gasteiger partial charge < -0.3 is 25.6 Å². The number of methoxy groups -OCH3 is 1. The number of nitrogens with zero attached hydrogens (tertiary/aromatic N) is 3. The number of rotatable bonds is 5. The third-order valence-electron chi connectivity index (χ3n) is 6.22. The molecule has 0 aliphatic carbocycles. The number of hydrogen-bond donors (Lipinski definition) is 3. The molecule has 2 saturated heterocycles. The molecular formula is C24H30N6O. The van der Waals surface area contributed by atoms with E-state index < -0.39 is 0 Å². The van der Waals surface area contributed by atoms with E-state index in [4.69, 9.17) is 9.72 Å². The van der Waals surface area contributed by atoms with Gasteiger partial charge in [0.1, 0.15) is 5.75 Å². The van der Waals surface area contributed by atoms with Crippen molar-refractivity contribution in [2.75, 3.05) is 56.6 Å². The van der Waals surface area contributed by atoms with Crippen molar-refractivity contribution in [3.8, 4) is 17.0 Å². The van der Waals surface area contributed by atoms with Crippen molar-refractivity contribution in [2.45, 2.75) is 18.9 Å². The molecule has 0 bridgehead atoms. The summed E-state index contributed by atoms with van der Waals surface area (Å²) in [5.41, 5.74) is 3.29. The minimum absolute atomic E-state index is 0.428. The molecule has 2 aliphatic heterocycles. The van der Waals surface area contributed by atoms with Crippen LogP contribution in [0.5, 0.6) is 5.75 Å². The van der Waals surface area contributed by atoms with Crippen molar-refractivity contribution < 1.29 is 4.74 Å². The van der Waals surface area contributed by atoms with E-state index in [2.05, 4.69) is 50.1 Å². The van der Waals surface area contributed by atoms with E-state index in [9.17, 15) is 0 Å². The van der Waals surface area contributed by atoms with Crippen molar-refractivity contribution in [2.24, 2.45) is 0 Å². The Morgan fingerprint density at radius 2 is 1.81 bits per heavy atom. The normalized spacial score (nSPS) is 17.6. The number of ether oxygens (including phenoxy) is 1. The fourth-order valence-electron chi connectivity index (χ4n) is 4.50. The Hall–Kier alpha value is -2.90. The Morgan fingerprint density at radius 1 is 1.00 bits per heavy atom. The monoisotopic (exact) mass is 418 g/mol. The molecule has 7 heteroatoms. The number of piperazine rings is 1. The Morgan fingerprint density at radius 3 is 2.61 bits per heavy atom. The van der Waals surface area contributed by atoms with Crippen LogP contribution in [0.4, 0.5) is 11.6 Å². The van der Waals surface area contributed by atoms with Crippen molar-refractivity contribution in [1.82, 2.24) is 20.6 Å². The SMILES string of the molecule is COc1ccc2cc(-c3ccnc(NC4CCNCC4)n3)cc(N3CCNCC3)c2c1. The zero-order valence-electron chi connectivity index (χ0n) is 18.0. The summed E-state index contributed by atoms with van der Waals surface area (Å²) >= 11 is 0. The van der Waals surface area contributed by atoms with E-state index in [-0.39, 0.29) is 0 Å². The van der Waals surface area contributed by atoms with Crippen LogP contribution < -0.4 is 25.6 Å². The molecule has 1 aromatic heterocycles. The molecule has 2 aliphatic rings. The molecule has 5 rings (SSSR count). The molecule has 3 N–H and O–H groups in total. The molecule has 3 heterocycles. The number of fused-ring (bicyclic) bond motifs is 1. The Labute approximate surface area is 183 Å². The molecule has 0 unspecified atom stereocenters. The van der Waals surface area contributed by atoms with Gasteiger partial charge in [0.25, 0.3) is 0 Å². The first kappa shape index (κ1) is 20.0. The van der Waals surface area contributed by atoms with E-state index in [0.717, 1.165) is 69.1 Å². The fourth-order valence-corrected chi connectivity index (χ4v) is 4.50. The first-order chi connectivity index (χ1) is 15.3. The Balaban J connectivity index is 1.53. The smallest absolute Gasteiger partial charge is 0.223 e. The summed E-state index contributed by atoms with van der Waals surface area (Å²) < 4.78 is 5.50. The second kappa shape index (κ2) is 9.08. The van der Waals surface area contributed by atoms with Crippen molar-refractivity contribution in [3.63, 3.8) is 0 Å². The molecule has 0 saturated carbocycles. The maximum Gasteiger partial charge on any atom is 0.223 e. The van der Waals surface area contributed by atoms with Crippen LogP contribution in [0.25, 0.3) is 22.0 Å². The van der Waals surface area contributed by atoms with Crippen molar-refractivity contribution in [3.05, 3.63) is 42.6 Å². The van der Waals surface area contributed by atoms with E-state index in [1.807, 2.05) is 18.3 Å². The predicted molar refractivity (Wildman–Crippen MR) is 126 cm³/mol. The van der Waals surface area contributed by atoms with Crippen LogP contribution in [0.3, 0.4) is 0 Å². The second-order valence-corrected chi connectivity index (χ2v) is 8.25. The molecule has 7 nitrogen and oxygen atoms in total. The standard InChI is InChI=1S/C24H30N6O/c1-31-20-3-2-17-14-18(15-23(21(17)16-20)30-12-10-26-11-13-30)22-6-9-27-24(29-22)28-19-4-7-25-8-5-19/h2-3,6,9,14-16,19,25-26H,4-5,7-8,10-13H2,1H3,(H,27,28,29). The number of nitrogens with one attached hydrogen (secondary N) is 3. The molecule has 0 radical (unpaired) electrons. The zero-order valence-corrected chi connectivity index (χ0v) is 18.0. The van der Waals surface area contributed by atoms with Gasteiger partial charge in [0.15, 0.2) is 0 Å². The van der Waals surface area contributed by atoms with Crippen LogP contribution in [0.1, 0.15) is 12.8 Å². The molecule has 31 heavy (non-hydrogen) atoms. The van der Waals surface area contributed by atoms with Gasteiger partial charge in [-0.15, -0.1) is 0 Å². The molecule has 3 aromatic rings. The average molecular weight is 419 g/mol. The lowest BCUT2D eigenvalue weighted by molar-refractivity contribution is 0.415. The van der Waals surface area contributed by atoms with Crippen molar-refractivity contribution >= 4 is 22.4 Å². The van der Waals surface area contributed by atoms with Gasteiger partial charge in [-0.25, -0.2) is 9.97 Å². The van der Waals surface area contributed by atoms with Gasteiger partial charge in [-0.1, -0.05) is 6.07 Å². The minimum Gasteiger partial charge on any atom is -0.497 e. The molecule has 0 spiro atoms. The van der Waals surface area contributed by atoms with Gasteiger partial charge in [-0.2, -0.15) is 0 Å². The lowest BCUT2D eigenvalue weighted by Crippen LogP contribution is -2.43. The summed E-state index contributed by atoms with van der Waals surface area (Å²) in [6, 6.07) is 13.2. The highest BCUT2D eigenvalue weighted by Crippen LogP contribution is 2.35. The number of hydrogen-bond acceptors (Lipinski definition) is 7. The largest absolute Gasteiger partial charge is 0.497 e. The van der Waals surface area contributed by atoms with E-state index >= 15 is 0 Å². The number of benzene rings is 2. The molecule has 2 fully saturated rings. The first-order valence-corrected chi connectivity index (χ1v) is 11.2. The van der Waals surface area contributed by atoms with Crippen LogP contribution >= 0.6 is 0 Å². The maximum absolute atomic E-state index is 5.50. The minimum atomic E-state index is 0.428. The van der Waals surface area contributed by atoms with Gasteiger partial charge in [-0.05, 0) is 61.6 Å². The highest BCUT2D eigenvalue weighted by atomic mass is 16.5. The molecule has 0 atom stereocenters. The molecular weight excluding hydrogens is 388 g/mol. The van der Waals surface area contributed by atoms with Crippen LogP contribution in [0, 0.1) is 0 Å². The third-order valence-corrected chi connectivity index (χ3v) is 6.22. The zero-order chi connectivity index (χ0) is 21.0. The molecule has 0 amide bonds. The summed E-state index contributed by atoms with van der Waals surface area (Å²) in [7, 11) is 1.72. The first-order valence-electron chi connectivity index (χ1n) is 11.2. The highest BCUT2D eigenvalue weighted by Gasteiger charge is 2.17. The van der Waals surface area contributed by atoms with E-state index in [1.165, 1.54) is 16.5 Å². The third kappa shape index (κ3) is 4.43. The van der Waals surface area contributed by atoms with Gasteiger partial charge in [0.05, 0.1) is 12.8 Å². The van der Waals surface area contributed by atoms with Crippen LogP contribution in [0.2, 0.25) is 0 Å². The molecule has 162 valence electrons. The Bertz CT molecular complexity index is 1040. The van der Waals surface area contributed by atoms with E-state index in [0.29, 0.717) is 12.0 Å². The lowest BCUT2D eigenvalue weighted by Gasteiger charge is -2.31. The summed E-state index contributed by atoms with van der Waals surface area (Å²) in [4.78, 5) is 11.8. The van der Waals surface area contributed by atoms with Crippen LogP contribution in [-0.2, 0) is 0 Å². The number of piperidine rings is 1. The Kier molecular flexibility index (Phi) is 5.86. The van der Waals surface area contributed by atoms with Gasteiger partial charge in [0, 0.05) is 55.1 Å². The van der Waals surface area contributed by atoms with Crippen LogP contribution in [-0.4, -0.2) is 62.4 Å². The quantitative estimate of drug-likeness (QED) is 0.588. The van der Waals surface area contributed by atoms with E-state index in [1.54, 1.807) is 7.11 Å². The topological polar surface area (TPSA) is 74.3 Å². The maximum atomic E-state index is 5.50. The van der Waals surface area contributed by atoms with Crippen molar-refractivity contribution in [1.29, 1.82) is 0 Å². The van der Waals surface area contributed by atoms with Gasteiger partial charge >= 0.3 is 0 Å². The average Bonchev–Trinajstić information content (AvgIpc) is 2.84. The number of anilines is 2.